The van der Waals surface area contributed by atoms with E-state index in [9.17, 15) is 18.8 Å². The van der Waals surface area contributed by atoms with Crippen LogP contribution in [0.25, 0.3) is 0 Å². The van der Waals surface area contributed by atoms with E-state index in [1.807, 2.05) is 6.07 Å². The monoisotopic (exact) mass is 443 g/mol. The maximum absolute atomic E-state index is 13.4. The van der Waals surface area contributed by atoms with Crippen molar-refractivity contribution in [3.63, 3.8) is 0 Å². The van der Waals surface area contributed by atoms with Crippen LogP contribution >= 0.6 is 0 Å². The number of carboxylic acids is 1. The van der Waals surface area contributed by atoms with Crippen LogP contribution in [0.4, 0.5) is 9.18 Å². The Kier molecular flexibility index (Phi) is 8.19. The Bertz CT molecular complexity index is 918. The molecule has 32 heavy (non-hydrogen) atoms. The average molecular weight is 443 g/mol. The standard InChI is InChI=1S/C24H26FNO6/c25-19-11-9-17(10-12-19)21-13-14-26(24(30)32-20-5-2-1-3-6-20)15-18(21)16-31-23(29)8-4-7-22(27)28/h1-3,5-6,9-12,18,21H,4,7-8,13-16H2,(H,27,28)/t18-,21-/m0/s1. The van der Waals surface area contributed by atoms with Gasteiger partial charge in [-0.05, 0) is 48.6 Å². The van der Waals surface area contributed by atoms with E-state index in [2.05, 4.69) is 0 Å². The lowest BCUT2D eigenvalue weighted by Gasteiger charge is -2.38. The first-order chi connectivity index (χ1) is 15.4. The van der Waals surface area contributed by atoms with Crippen LogP contribution in [0.3, 0.4) is 0 Å². The number of halogens is 1. The van der Waals surface area contributed by atoms with Crippen LogP contribution in [0.5, 0.6) is 5.75 Å². The molecule has 8 heteroatoms. The number of nitrogens with zero attached hydrogens (tertiary/aromatic N) is 1. The van der Waals surface area contributed by atoms with Gasteiger partial charge in [-0.25, -0.2) is 9.18 Å². The summed E-state index contributed by atoms with van der Waals surface area (Å²) < 4.78 is 24.2. The van der Waals surface area contributed by atoms with E-state index in [0.29, 0.717) is 25.3 Å². The van der Waals surface area contributed by atoms with E-state index >= 15 is 0 Å². The summed E-state index contributed by atoms with van der Waals surface area (Å²) in [6.07, 6.45) is 0.244. The number of rotatable bonds is 8. The maximum atomic E-state index is 13.4. The molecule has 1 saturated heterocycles. The summed E-state index contributed by atoms with van der Waals surface area (Å²) in [6.45, 7) is 0.843. The highest BCUT2D eigenvalue weighted by atomic mass is 19.1. The molecule has 1 N–H and O–H groups in total. The highest BCUT2D eigenvalue weighted by Gasteiger charge is 2.34. The largest absolute Gasteiger partial charge is 0.481 e. The molecule has 1 aliphatic heterocycles. The quantitative estimate of drug-likeness (QED) is 0.614. The predicted molar refractivity (Wildman–Crippen MR) is 114 cm³/mol. The van der Waals surface area contributed by atoms with Gasteiger partial charge in [-0.1, -0.05) is 30.3 Å². The van der Waals surface area contributed by atoms with Crippen molar-refractivity contribution in [1.29, 1.82) is 0 Å². The van der Waals surface area contributed by atoms with Crippen molar-refractivity contribution in [3.05, 3.63) is 66.0 Å². The zero-order valence-corrected chi connectivity index (χ0v) is 17.6. The second kappa shape index (κ2) is 11.3. The first-order valence-electron chi connectivity index (χ1n) is 10.6. The first-order valence-corrected chi connectivity index (χ1v) is 10.6. The fraction of sp³-hybridized carbons (Fsp3) is 0.375. The van der Waals surface area contributed by atoms with Gasteiger partial charge in [0, 0.05) is 31.8 Å². The topological polar surface area (TPSA) is 93.1 Å². The molecule has 0 aromatic heterocycles. The normalized spacial score (nSPS) is 18.1. The zero-order chi connectivity index (χ0) is 22.9. The van der Waals surface area contributed by atoms with Crippen molar-refractivity contribution in [2.45, 2.75) is 31.6 Å². The lowest BCUT2D eigenvalue weighted by atomic mass is 9.81. The Hall–Kier alpha value is -3.42. The molecule has 1 amide bonds. The molecule has 3 rings (SSSR count). The second-order valence-electron chi connectivity index (χ2n) is 7.76. The highest BCUT2D eigenvalue weighted by Crippen LogP contribution is 2.34. The van der Waals surface area contributed by atoms with Crippen molar-refractivity contribution >= 4 is 18.0 Å². The summed E-state index contributed by atoms with van der Waals surface area (Å²) in [6, 6.07) is 15.0. The number of carbonyl (C=O) groups is 3. The molecule has 170 valence electrons. The molecule has 0 bridgehead atoms. The van der Waals surface area contributed by atoms with Crippen LogP contribution in [0, 0.1) is 11.7 Å². The Morgan fingerprint density at radius 3 is 2.44 bits per heavy atom. The van der Waals surface area contributed by atoms with Gasteiger partial charge in [0.15, 0.2) is 0 Å². The van der Waals surface area contributed by atoms with E-state index in [-0.39, 0.29) is 43.5 Å². The smallest absolute Gasteiger partial charge is 0.415 e. The van der Waals surface area contributed by atoms with Gasteiger partial charge in [0.05, 0.1) is 6.61 Å². The Balaban J connectivity index is 1.64. The maximum Gasteiger partial charge on any atom is 0.415 e. The molecule has 2 aromatic carbocycles. The molecule has 1 heterocycles. The number of likely N-dealkylation sites (tertiary alicyclic amines) is 1. The van der Waals surface area contributed by atoms with E-state index in [4.69, 9.17) is 14.6 Å². The van der Waals surface area contributed by atoms with Gasteiger partial charge < -0.3 is 19.5 Å². The predicted octanol–water partition coefficient (Wildman–Crippen LogP) is 4.23. The molecular formula is C24H26FNO6. The van der Waals surface area contributed by atoms with Crippen LogP contribution < -0.4 is 4.74 Å². The molecule has 0 aliphatic carbocycles. The number of carbonyl (C=O) groups excluding carboxylic acids is 2. The van der Waals surface area contributed by atoms with E-state index in [0.717, 1.165) is 5.56 Å². The third-order valence-corrected chi connectivity index (χ3v) is 5.47. The molecule has 0 spiro atoms. The number of aliphatic carboxylic acids is 1. The molecule has 0 radical (unpaired) electrons. The minimum atomic E-state index is -0.964. The van der Waals surface area contributed by atoms with E-state index in [1.165, 1.54) is 12.1 Å². The molecular weight excluding hydrogens is 417 g/mol. The Labute approximate surface area is 185 Å². The van der Waals surface area contributed by atoms with Crippen LogP contribution in [-0.2, 0) is 14.3 Å². The fourth-order valence-corrected chi connectivity index (χ4v) is 3.83. The summed E-state index contributed by atoms with van der Waals surface area (Å²) >= 11 is 0. The number of carboxylic acid groups (broad SMARTS) is 1. The van der Waals surface area contributed by atoms with Crippen molar-refractivity contribution in [1.82, 2.24) is 4.90 Å². The summed E-state index contributed by atoms with van der Waals surface area (Å²) in [5, 5.41) is 8.70. The minimum Gasteiger partial charge on any atom is -0.481 e. The summed E-state index contributed by atoms with van der Waals surface area (Å²) in [4.78, 5) is 36.9. The number of benzene rings is 2. The van der Waals surface area contributed by atoms with Gasteiger partial charge in [0.2, 0.25) is 0 Å². The SMILES string of the molecule is O=C(O)CCCC(=O)OC[C@@H]1CN(C(=O)Oc2ccccc2)CC[C@H]1c1ccc(F)cc1. The van der Waals surface area contributed by atoms with Crippen LogP contribution in [-0.4, -0.2) is 47.7 Å². The van der Waals surface area contributed by atoms with E-state index in [1.54, 1.807) is 41.3 Å². The third-order valence-electron chi connectivity index (χ3n) is 5.47. The van der Waals surface area contributed by atoms with E-state index < -0.39 is 18.0 Å². The van der Waals surface area contributed by atoms with Gasteiger partial charge in [-0.2, -0.15) is 0 Å². The average Bonchev–Trinajstić information content (AvgIpc) is 2.78. The minimum absolute atomic E-state index is 0.0139. The van der Waals surface area contributed by atoms with Gasteiger partial charge in [0.1, 0.15) is 11.6 Å². The van der Waals surface area contributed by atoms with Gasteiger partial charge >= 0.3 is 18.0 Å². The van der Waals surface area contributed by atoms with Crippen LogP contribution in [0.2, 0.25) is 0 Å². The van der Waals surface area contributed by atoms with Crippen molar-refractivity contribution in [2.75, 3.05) is 19.7 Å². The van der Waals surface area contributed by atoms with Crippen LogP contribution in [0.1, 0.15) is 37.2 Å². The van der Waals surface area contributed by atoms with Gasteiger partial charge in [0.25, 0.3) is 0 Å². The molecule has 1 aliphatic rings. The first kappa shape index (κ1) is 23.2. The number of amides is 1. The third kappa shape index (κ3) is 6.80. The lowest BCUT2D eigenvalue weighted by Crippen LogP contribution is -2.45. The summed E-state index contributed by atoms with van der Waals surface area (Å²) in [5.74, 6) is -1.56. The van der Waals surface area contributed by atoms with Crippen LogP contribution in [0.15, 0.2) is 54.6 Å². The number of esters is 1. The number of piperidine rings is 1. The number of hydrogen-bond donors (Lipinski definition) is 1. The lowest BCUT2D eigenvalue weighted by molar-refractivity contribution is -0.146. The molecule has 1 fully saturated rings. The van der Waals surface area contributed by atoms with Crippen molar-refractivity contribution < 1.29 is 33.4 Å². The summed E-state index contributed by atoms with van der Waals surface area (Å²) in [7, 11) is 0. The number of hydrogen-bond acceptors (Lipinski definition) is 5. The van der Waals surface area contributed by atoms with Crippen molar-refractivity contribution in [3.8, 4) is 5.75 Å². The van der Waals surface area contributed by atoms with Gasteiger partial charge in [-0.3, -0.25) is 9.59 Å². The molecule has 0 saturated carbocycles. The molecule has 0 unspecified atom stereocenters. The Morgan fingerprint density at radius 2 is 1.75 bits per heavy atom. The van der Waals surface area contributed by atoms with Crippen molar-refractivity contribution in [2.24, 2.45) is 5.92 Å². The molecule has 2 atom stereocenters. The number of para-hydroxylation sites is 1. The van der Waals surface area contributed by atoms with Gasteiger partial charge in [-0.15, -0.1) is 0 Å². The second-order valence-corrected chi connectivity index (χ2v) is 7.76. The fourth-order valence-electron chi connectivity index (χ4n) is 3.83. The molecule has 7 nitrogen and oxygen atoms in total. The summed E-state index contributed by atoms with van der Waals surface area (Å²) in [5.41, 5.74) is 0.911. The molecule has 2 aromatic rings. The Morgan fingerprint density at radius 1 is 1.03 bits per heavy atom. The highest BCUT2D eigenvalue weighted by molar-refractivity contribution is 5.72. The zero-order valence-electron chi connectivity index (χ0n) is 17.6. The number of ether oxygens (including phenoxy) is 2.